The summed E-state index contributed by atoms with van der Waals surface area (Å²) in [6, 6.07) is 11.1. The standard InChI is InChI=1S/C38H52FN5O5/c1-38(2,3)49-37(48)43-32(23-39)26-12-14-28(15-13-26)36(47)44-22-20-31(25-9-5-4-6-10-25)33(44)35(46)42-29-18-16-27(17-19-29)34(45)41-24-30-11-7-8-21-40-30/h7-8,11,16-19,21,25-26,28,31-33H,4-6,9-10,12-15,20,22-24H2,1-3H3,(H,41,45)(H,42,46)(H,43,48)/t26-,28-,31-,32+,33-/m0/s1. The van der Waals surface area contributed by atoms with Crippen LogP contribution in [0.2, 0.25) is 0 Å². The van der Waals surface area contributed by atoms with Gasteiger partial charge in [-0.3, -0.25) is 19.4 Å². The van der Waals surface area contributed by atoms with E-state index in [1.54, 1.807) is 51.2 Å². The zero-order valence-corrected chi connectivity index (χ0v) is 29.1. The quantitative estimate of drug-likeness (QED) is 0.266. The van der Waals surface area contributed by atoms with Gasteiger partial charge in [0.2, 0.25) is 11.8 Å². The summed E-state index contributed by atoms with van der Waals surface area (Å²) in [4.78, 5) is 59.2. The second-order valence-electron chi connectivity index (χ2n) is 14.9. The Morgan fingerprint density at radius 3 is 2.29 bits per heavy atom. The van der Waals surface area contributed by atoms with Gasteiger partial charge < -0.3 is 25.6 Å². The first kappa shape index (κ1) is 36.3. The summed E-state index contributed by atoms with van der Waals surface area (Å²) in [5, 5.41) is 8.62. The topological polar surface area (TPSA) is 130 Å². The van der Waals surface area contributed by atoms with Crippen molar-refractivity contribution in [2.45, 2.75) is 109 Å². The molecule has 3 aliphatic rings. The normalized spacial score (nSPS) is 23.7. The molecule has 3 fully saturated rings. The average Bonchev–Trinajstić information content (AvgIpc) is 3.55. The van der Waals surface area contributed by atoms with Crippen LogP contribution in [0.1, 0.15) is 101 Å². The van der Waals surface area contributed by atoms with Crippen LogP contribution in [0.3, 0.4) is 0 Å². The summed E-state index contributed by atoms with van der Waals surface area (Å²) in [6.45, 7) is 5.45. The van der Waals surface area contributed by atoms with Crippen LogP contribution in [-0.4, -0.2) is 64.6 Å². The fourth-order valence-corrected chi connectivity index (χ4v) is 7.90. The highest BCUT2D eigenvalue weighted by Crippen LogP contribution is 2.41. The molecular formula is C38H52FN5O5. The van der Waals surface area contributed by atoms with Crippen molar-refractivity contribution in [2.24, 2.45) is 23.7 Å². The number of hydrogen-bond acceptors (Lipinski definition) is 6. The number of anilines is 1. The molecule has 1 saturated heterocycles. The van der Waals surface area contributed by atoms with Gasteiger partial charge in [0.25, 0.3) is 5.91 Å². The molecule has 0 radical (unpaired) electrons. The summed E-state index contributed by atoms with van der Waals surface area (Å²) in [5.41, 5.74) is 1.13. The minimum Gasteiger partial charge on any atom is -0.444 e. The molecule has 2 aromatic rings. The number of hydrogen-bond donors (Lipinski definition) is 3. The number of halogens is 1. The van der Waals surface area contributed by atoms with E-state index in [9.17, 15) is 23.6 Å². The zero-order valence-electron chi connectivity index (χ0n) is 29.1. The van der Waals surface area contributed by atoms with E-state index in [2.05, 4.69) is 20.9 Å². The van der Waals surface area contributed by atoms with E-state index in [0.717, 1.165) is 37.8 Å². The lowest BCUT2D eigenvalue weighted by molar-refractivity contribution is -0.142. The summed E-state index contributed by atoms with van der Waals surface area (Å²) < 4.78 is 19.4. The molecule has 2 heterocycles. The molecule has 10 nitrogen and oxygen atoms in total. The minimum absolute atomic E-state index is 0.00580. The zero-order chi connectivity index (χ0) is 35.0. The van der Waals surface area contributed by atoms with Crippen molar-refractivity contribution >= 4 is 29.5 Å². The molecule has 1 aromatic heterocycles. The Morgan fingerprint density at radius 2 is 1.65 bits per heavy atom. The number of aromatic nitrogens is 1. The molecular weight excluding hydrogens is 625 g/mol. The van der Waals surface area contributed by atoms with Crippen molar-refractivity contribution in [3.63, 3.8) is 0 Å². The van der Waals surface area contributed by atoms with Crippen molar-refractivity contribution in [3.8, 4) is 0 Å². The third-order valence-corrected chi connectivity index (χ3v) is 10.4. The fraction of sp³-hybridized carbons (Fsp3) is 0.605. The number of alkyl carbamates (subject to hydrolysis) is 1. The Morgan fingerprint density at radius 1 is 0.939 bits per heavy atom. The van der Waals surface area contributed by atoms with Gasteiger partial charge >= 0.3 is 6.09 Å². The van der Waals surface area contributed by atoms with Gasteiger partial charge in [0, 0.05) is 29.9 Å². The van der Waals surface area contributed by atoms with E-state index in [1.165, 1.54) is 6.42 Å². The van der Waals surface area contributed by atoms with Gasteiger partial charge in [-0.2, -0.15) is 0 Å². The van der Waals surface area contributed by atoms with Gasteiger partial charge in [-0.1, -0.05) is 38.2 Å². The minimum atomic E-state index is -0.698. The molecule has 0 unspecified atom stereocenters. The highest BCUT2D eigenvalue weighted by molar-refractivity contribution is 5.99. The van der Waals surface area contributed by atoms with Crippen LogP contribution < -0.4 is 16.0 Å². The van der Waals surface area contributed by atoms with Crippen molar-refractivity contribution in [3.05, 3.63) is 59.9 Å². The number of nitrogens with zero attached hydrogens (tertiary/aromatic N) is 2. The molecule has 266 valence electrons. The van der Waals surface area contributed by atoms with E-state index in [1.807, 2.05) is 23.1 Å². The largest absolute Gasteiger partial charge is 0.444 e. The van der Waals surface area contributed by atoms with Crippen LogP contribution in [0.5, 0.6) is 0 Å². The van der Waals surface area contributed by atoms with Gasteiger partial charge in [-0.05, 0) is 107 Å². The van der Waals surface area contributed by atoms with Crippen molar-refractivity contribution < 1.29 is 28.3 Å². The Bertz CT molecular complexity index is 1420. The molecule has 2 saturated carbocycles. The maximum atomic E-state index is 14.1. The lowest BCUT2D eigenvalue weighted by Gasteiger charge is -2.37. The molecule has 3 N–H and O–H groups in total. The Balaban J connectivity index is 1.21. The third kappa shape index (κ3) is 9.79. The van der Waals surface area contributed by atoms with E-state index < -0.39 is 30.5 Å². The molecule has 0 bridgehead atoms. The number of benzene rings is 1. The maximum Gasteiger partial charge on any atom is 0.407 e. The molecule has 2 aliphatic carbocycles. The first-order valence-electron chi connectivity index (χ1n) is 18.0. The van der Waals surface area contributed by atoms with E-state index in [0.29, 0.717) is 55.9 Å². The number of pyridine rings is 1. The highest BCUT2D eigenvalue weighted by atomic mass is 19.1. The van der Waals surface area contributed by atoms with Gasteiger partial charge in [-0.25, -0.2) is 9.18 Å². The predicted molar refractivity (Wildman–Crippen MR) is 185 cm³/mol. The maximum absolute atomic E-state index is 14.1. The Hall–Kier alpha value is -4.02. The molecule has 1 aliphatic heterocycles. The first-order valence-corrected chi connectivity index (χ1v) is 18.0. The summed E-state index contributed by atoms with van der Waals surface area (Å²) in [7, 11) is 0. The molecule has 3 atom stereocenters. The SMILES string of the molecule is CC(C)(C)OC(=O)N[C@H](CF)[C@H]1CC[C@H](C(=O)N2CC[C@@H](C3CCCCC3)[C@H]2C(=O)Nc2ccc(C(=O)NCc3ccccn3)cc2)CC1. The average molecular weight is 678 g/mol. The van der Waals surface area contributed by atoms with Gasteiger partial charge in [0.1, 0.15) is 18.3 Å². The van der Waals surface area contributed by atoms with Crippen molar-refractivity contribution in [1.82, 2.24) is 20.5 Å². The summed E-state index contributed by atoms with van der Waals surface area (Å²) in [6.07, 6.45) is 9.86. The number of ether oxygens (including phenoxy) is 1. The number of amides is 4. The van der Waals surface area contributed by atoms with E-state index >= 15 is 0 Å². The van der Waals surface area contributed by atoms with Crippen molar-refractivity contribution in [1.29, 1.82) is 0 Å². The molecule has 4 amide bonds. The first-order chi connectivity index (χ1) is 23.5. The number of carbonyl (C=O) groups is 4. The molecule has 11 heteroatoms. The van der Waals surface area contributed by atoms with Gasteiger partial charge in [-0.15, -0.1) is 0 Å². The van der Waals surface area contributed by atoms with Crippen LogP contribution in [0.4, 0.5) is 14.9 Å². The monoisotopic (exact) mass is 677 g/mol. The molecule has 1 aromatic carbocycles. The van der Waals surface area contributed by atoms with Crippen LogP contribution in [0.15, 0.2) is 48.7 Å². The lowest BCUT2D eigenvalue weighted by atomic mass is 9.76. The summed E-state index contributed by atoms with van der Waals surface area (Å²) in [5.74, 6) is -0.285. The summed E-state index contributed by atoms with van der Waals surface area (Å²) >= 11 is 0. The van der Waals surface area contributed by atoms with Gasteiger partial charge in [0.05, 0.1) is 18.3 Å². The molecule has 5 rings (SSSR count). The second-order valence-corrected chi connectivity index (χ2v) is 14.9. The van der Waals surface area contributed by atoms with Crippen LogP contribution >= 0.6 is 0 Å². The lowest BCUT2D eigenvalue weighted by Crippen LogP contribution is -2.50. The van der Waals surface area contributed by atoms with Crippen molar-refractivity contribution in [2.75, 3.05) is 18.5 Å². The van der Waals surface area contributed by atoms with Gasteiger partial charge in [0.15, 0.2) is 0 Å². The predicted octanol–water partition coefficient (Wildman–Crippen LogP) is 6.42. The number of alkyl halides is 1. The second kappa shape index (κ2) is 16.6. The Labute approximate surface area is 289 Å². The molecule has 0 spiro atoms. The highest BCUT2D eigenvalue weighted by Gasteiger charge is 2.47. The van der Waals surface area contributed by atoms with Crippen LogP contribution in [0.25, 0.3) is 0 Å². The van der Waals surface area contributed by atoms with Crippen LogP contribution in [0, 0.1) is 23.7 Å². The number of nitrogens with one attached hydrogen (secondary N) is 3. The smallest absolute Gasteiger partial charge is 0.407 e. The number of rotatable bonds is 10. The van der Waals surface area contributed by atoms with E-state index in [4.69, 9.17) is 4.74 Å². The third-order valence-electron chi connectivity index (χ3n) is 10.4. The fourth-order valence-electron chi connectivity index (χ4n) is 7.90. The Kier molecular flexibility index (Phi) is 12.3. The number of carbonyl (C=O) groups excluding carboxylic acids is 4. The number of likely N-dealkylation sites (tertiary alicyclic amines) is 1. The molecule has 49 heavy (non-hydrogen) atoms. The van der Waals surface area contributed by atoms with E-state index in [-0.39, 0.29) is 35.5 Å². The van der Waals surface area contributed by atoms with Crippen LogP contribution in [-0.2, 0) is 20.9 Å².